The van der Waals surface area contributed by atoms with Gasteiger partial charge in [-0.2, -0.15) is 0 Å². The van der Waals surface area contributed by atoms with Crippen molar-refractivity contribution >= 4 is 29.1 Å². The van der Waals surface area contributed by atoms with Crippen LogP contribution in [0.3, 0.4) is 0 Å². The number of carbonyl (C=O) groups is 2. The third kappa shape index (κ3) is 5.11. The number of halogens is 3. The van der Waals surface area contributed by atoms with Crippen molar-refractivity contribution in [2.24, 2.45) is 16.8 Å². The normalized spacial score (nSPS) is 29.1. The highest BCUT2D eigenvalue weighted by Gasteiger charge is 2.59. The van der Waals surface area contributed by atoms with E-state index in [0.717, 1.165) is 0 Å². The number of aliphatic imine (C=N–C) groups is 1. The van der Waals surface area contributed by atoms with Crippen molar-refractivity contribution in [2.75, 3.05) is 32.8 Å². The van der Waals surface area contributed by atoms with Crippen LogP contribution in [0.25, 0.3) is 0 Å². The third-order valence-electron chi connectivity index (χ3n) is 8.94. The topological polar surface area (TPSA) is 107 Å². The van der Waals surface area contributed by atoms with Gasteiger partial charge in [0.1, 0.15) is 11.9 Å². The summed E-state index contributed by atoms with van der Waals surface area (Å²) in [6, 6.07) is 3.13. The number of carbonyl (C=O) groups excluding carboxylic acids is 1. The van der Waals surface area contributed by atoms with Crippen LogP contribution < -0.4 is 5.32 Å². The maximum Gasteiger partial charge on any atom is 0.338 e. The van der Waals surface area contributed by atoms with Crippen LogP contribution in [0.2, 0.25) is 0 Å². The second-order valence-electron chi connectivity index (χ2n) is 11.4. The van der Waals surface area contributed by atoms with Gasteiger partial charge in [-0.3, -0.25) is 19.6 Å². The lowest BCUT2D eigenvalue weighted by molar-refractivity contribution is -0.147. The zero-order chi connectivity index (χ0) is 29.8. The molecule has 1 saturated carbocycles. The molecule has 2 aromatic rings. The van der Waals surface area contributed by atoms with Gasteiger partial charge in [0.2, 0.25) is 0 Å². The molecule has 224 valence electrons. The average Bonchev–Trinajstić information content (AvgIpc) is 3.64. The number of likely N-dealkylation sites (tertiary alicyclic amines) is 2. The molecule has 4 aliphatic rings. The largest absolute Gasteiger partial charge is 0.481 e. The molecule has 3 fully saturated rings. The van der Waals surface area contributed by atoms with Gasteiger partial charge in [-0.1, -0.05) is 12.1 Å². The fourth-order valence-electron chi connectivity index (χ4n) is 6.63. The summed E-state index contributed by atoms with van der Waals surface area (Å²) < 4.78 is 51.0. The molecule has 0 amide bonds. The van der Waals surface area contributed by atoms with Gasteiger partial charge in [0.25, 0.3) is 5.92 Å². The number of nitrogens with one attached hydrogen (secondary N) is 1. The number of hydrogen-bond donors (Lipinski definition) is 2. The van der Waals surface area contributed by atoms with E-state index in [1.54, 1.807) is 42.5 Å². The SMILES string of the molecule is CCOC(=O)C1=C(CN2CC(F)(F)[C@@H]3CN(C4CC(C(=O)O)C4)C[C@@H]32)NC(c2nccs2)=N[C@H]1c1cccc(F)c1C. The molecule has 42 heavy (non-hydrogen) atoms. The monoisotopic (exact) mass is 603 g/mol. The van der Waals surface area contributed by atoms with Crippen LogP contribution >= 0.6 is 11.3 Å². The molecule has 0 unspecified atom stereocenters. The van der Waals surface area contributed by atoms with E-state index in [2.05, 4.69) is 10.3 Å². The molecule has 0 spiro atoms. The summed E-state index contributed by atoms with van der Waals surface area (Å²) in [6.07, 6.45) is 2.54. The summed E-state index contributed by atoms with van der Waals surface area (Å²) in [6.45, 7) is 3.48. The van der Waals surface area contributed by atoms with E-state index < -0.39 is 54.1 Å². The van der Waals surface area contributed by atoms with Crippen molar-refractivity contribution in [3.8, 4) is 0 Å². The summed E-state index contributed by atoms with van der Waals surface area (Å²) in [4.78, 5) is 37.6. The predicted octanol–water partition coefficient (Wildman–Crippen LogP) is 3.61. The summed E-state index contributed by atoms with van der Waals surface area (Å²) >= 11 is 1.33. The molecule has 0 radical (unpaired) electrons. The number of hydrogen-bond acceptors (Lipinski definition) is 9. The Morgan fingerprint density at radius 3 is 2.74 bits per heavy atom. The number of amidine groups is 1. The van der Waals surface area contributed by atoms with Crippen LogP contribution in [0.4, 0.5) is 13.2 Å². The maximum absolute atomic E-state index is 15.4. The first-order valence-electron chi connectivity index (χ1n) is 14.1. The number of rotatable bonds is 8. The Balaban J connectivity index is 1.35. The molecule has 6 rings (SSSR count). The lowest BCUT2D eigenvalue weighted by Gasteiger charge is -2.40. The summed E-state index contributed by atoms with van der Waals surface area (Å²) in [7, 11) is 0. The van der Waals surface area contributed by atoms with Crippen molar-refractivity contribution in [3.05, 3.63) is 63.0 Å². The molecule has 9 nitrogen and oxygen atoms in total. The van der Waals surface area contributed by atoms with E-state index in [-0.39, 0.29) is 31.3 Å². The summed E-state index contributed by atoms with van der Waals surface area (Å²) in [5.74, 6) is -5.88. The second-order valence-corrected chi connectivity index (χ2v) is 12.3. The molecule has 2 N–H and O–H groups in total. The van der Waals surface area contributed by atoms with Gasteiger partial charge in [0, 0.05) is 49.0 Å². The quantitative estimate of drug-likeness (QED) is 0.441. The fourth-order valence-corrected chi connectivity index (χ4v) is 7.22. The van der Waals surface area contributed by atoms with Crippen LogP contribution in [0.5, 0.6) is 0 Å². The number of ether oxygens (including phenoxy) is 1. The number of benzene rings is 1. The summed E-state index contributed by atoms with van der Waals surface area (Å²) in [5, 5.41) is 14.8. The van der Waals surface area contributed by atoms with Crippen LogP contribution in [0, 0.1) is 24.6 Å². The first kappa shape index (κ1) is 28.8. The van der Waals surface area contributed by atoms with E-state index >= 15 is 8.78 Å². The smallest absolute Gasteiger partial charge is 0.338 e. The van der Waals surface area contributed by atoms with Crippen molar-refractivity contribution in [3.63, 3.8) is 0 Å². The molecule has 3 aliphatic heterocycles. The molecule has 1 aliphatic carbocycles. The molecule has 2 saturated heterocycles. The highest BCUT2D eigenvalue weighted by molar-refractivity contribution is 7.11. The van der Waals surface area contributed by atoms with Gasteiger partial charge >= 0.3 is 11.9 Å². The van der Waals surface area contributed by atoms with E-state index in [1.807, 2.05) is 4.90 Å². The Morgan fingerprint density at radius 1 is 1.26 bits per heavy atom. The second kappa shape index (κ2) is 11.1. The van der Waals surface area contributed by atoms with Crippen LogP contribution in [-0.2, 0) is 14.3 Å². The number of esters is 1. The van der Waals surface area contributed by atoms with Gasteiger partial charge in [0.05, 0.1) is 30.6 Å². The van der Waals surface area contributed by atoms with Gasteiger partial charge in [-0.25, -0.2) is 22.9 Å². The maximum atomic E-state index is 15.4. The standard InChI is InChI=1S/C29H32F3N5O4S/c1-3-41-28(40)23-21(34-25(26-33-7-8-42-26)35-24(23)18-5-4-6-20(30)15(18)2)12-37-14-29(31,32)19-11-36(13-22(19)37)17-9-16(10-17)27(38)39/h4-8,16-17,19,22,24H,3,9-14H2,1-2H3,(H,34,35)(H,38,39)/t16?,17?,19-,22+,24+/m1/s1. The molecule has 3 atom stereocenters. The number of carboxylic acid groups (broad SMARTS) is 1. The van der Waals surface area contributed by atoms with Crippen molar-refractivity contribution in [1.29, 1.82) is 0 Å². The number of thiazole rings is 1. The third-order valence-corrected chi connectivity index (χ3v) is 9.72. The Morgan fingerprint density at radius 2 is 2.05 bits per heavy atom. The van der Waals surface area contributed by atoms with Crippen molar-refractivity contribution < 1.29 is 32.6 Å². The van der Waals surface area contributed by atoms with Gasteiger partial charge < -0.3 is 15.2 Å². The van der Waals surface area contributed by atoms with Crippen LogP contribution in [0.1, 0.15) is 41.9 Å². The minimum Gasteiger partial charge on any atom is -0.481 e. The molecule has 1 aromatic carbocycles. The van der Waals surface area contributed by atoms with E-state index in [0.29, 0.717) is 47.1 Å². The Kier molecular flexibility index (Phi) is 7.60. The van der Waals surface area contributed by atoms with E-state index in [4.69, 9.17) is 9.73 Å². The van der Waals surface area contributed by atoms with Crippen molar-refractivity contribution in [2.45, 2.75) is 50.7 Å². The van der Waals surface area contributed by atoms with Crippen LogP contribution in [-0.4, -0.2) is 88.5 Å². The number of alkyl halides is 2. The lowest BCUT2D eigenvalue weighted by atomic mass is 9.79. The first-order valence-corrected chi connectivity index (χ1v) is 14.9. The Hall–Kier alpha value is -3.29. The van der Waals surface area contributed by atoms with Gasteiger partial charge in [-0.15, -0.1) is 11.3 Å². The number of carboxylic acids is 1. The van der Waals surface area contributed by atoms with Crippen molar-refractivity contribution in [1.82, 2.24) is 20.1 Å². The molecule has 0 bridgehead atoms. The van der Waals surface area contributed by atoms with E-state index in [1.165, 1.54) is 17.4 Å². The zero-order valence-electron chi connectivity index (χ0n) is 23.2. The number of fused-ring (bicyclic) bond motifs is 1. The Bertz CT molecular complexity index is 1440. The molecule has 4 heterocycles. The zero-order valence-corrected chi connectivity index (χ0v) is 24.0. The van der Waals surface area contributed by atoms with E-state index in [9.17, 15) is 19.1 Å². The van der Waals surface area contributed by atoms with Gasteiger partial charge in [-0.05, 0) is 43.9 Å². The molecular weight excluding hydrogens is 571 g/mol. The first-order chi connectivity index (χ1) is 20.1. The lowest BCUT2D eigenvalue weighted by Crippen LogP contribution is -2.49. The predicted molar refractivity (Wildman–Crippen MR) is 149 cm³/mol. The molecule has 13 heteroatoms. The minimum absolute atomic E-state index is 0.00355. The van der Waals surface area contributed by atoms with Gasteiger partial charge in [0.15, 0.2) is 10.8 Å². The highest BCUT2D eigenvalue weighted by Crippen LogP contribution is 2.46. The minimum atomic E-state index is -2.96. The number of aliphatic carboxylic acids is 1. The molecular formula is C29H32F3N5O4S. The number of nitrogens with zero attached hydrogens (tertiary/aromatic N) is 4. The highest BCUT2D eigenvalue weighted by atomic mass is 32.1. The average molecular weight is 604 g/mol. The Labute approximate surface area is 245 Å². The number of aromatic nitrogens is 1. The molecule has 1 aromatic heterocycles. The summed E-state index contributed by atoms with van der Waals surface area (Å²) in [5.41, 5.74) is 1.32. The fraction of sp³-hybridized carbons (Fsp3) is 0.517. The van der Waals surface area contributed by atoms with Crippen LogP contribution in [0.15, 0.2) is 46.0 Å².